The molecular weight excluding hydrogens is 288 g/mol. The van der Waals surface area contributed by atoms with Crippen LogP contribution in [0.15, 0.2) is 30.5 Å². The minimum Gasteiger partial charge on any atom is -0.338 e. The molecule has 5 nitrogen and oxygen atoms in total. The topological polar surface area (TPSA) is 70.7 Å². The number of aryl methyl sites for hydroxylation is 2. The van der Waals surface area contributed by atoms with Gasteiger partial charge in [0, 0.05) is 17.7 Å². The second-order valence-corrected chi connectivity index (χ2v) is 6.17. The van der Waals surface area contributed by atoms with Gasteiger partial charge in [-0.25, -0.2) is 9.97 Å². The number of hydrogen-bond donors (Lipinski definition) is 2. The molecule has 4 rings (SSSR count). The molecule has 0 saturated heterocycles. The molecule has 2 N–H and O–H groups in total. The summed E-state index contributed by atoms with van der Waals surface area (Å²) in [6.45, 7) is 4.15. The maximum atomic E-state index is 12.0. The highest BCUT2D eigenvalue weighted by molar-refractivity contribution is 6.00. The third-order valence-electron chi connectivity index (χ3n) is 4.31. The summed E-state index contributed by atoms with van der Waals surface area (Å²) in [6, 6.07) is 8.07. The summed E-state index contributed by atoms with van der Waals surface area (Å²) in [5.41, 5.74) is 5.02. The molecule has 1 aliphatic carbocycles. The molecule has 3 aromatic rings. The number of aromatic nitrogens is 3. The Kier molecular flexibility index (Phi) is 3.15. The maximum absolute atomic E-state index is 12.0. The van der Waals surface area contributed by atoms with Crippen molar-refractivity contribution in [1.82, 2.24) is 15.0 Å². The average molecular weight is 306 g/mol. The minimum atomic E-state index is 0.0432. The van der Waals surface area contributed by atoms with E-state index in [2.05, 4.69) is 41.3 Å². The summed E-state index contributed by atoms with van der Waals surface area (Å²) in [5, 5.41) is 2.91. The molecule has 116 valence electrons. The molecule has 1 saturated carbocycles. The van der Waals surface area contributed by atoms with Crippen molar-refractivity contribution in [2.24, 2.45) is 5.92 Å². The number of rotatable bonds is 3. The van der Waals surface area contributed by atoms with E-state index in [1.165, 1.54) is 11.1 Å². The SMILES string of the molecule is Cc1cccc(C)c1-c1nc2c(NC(=O)C3CC3)nccc2[nH]1. The Labute approximate surface area is 134 Å². The van der Waals surface area contributed by atoms with E-state index in [1.54, 1.807) is 6.20 Å². The first-order chi connectivity index (χ1) is 11.1. The quantitative estimate of drug-likeness (QED) is 0.777. The van der Waals surface area contributed by atoms with Gasteiger partial charge in [-0.05, 0) is 43.9 Å². The van der Waals surface area contributed by atoms with E-state index in [0.717, 1.165) is 29.7 Å². The zero-order chi connectivity index (χ0) is 16.0. The molecule has 1 aromatic carbocycles. The van der Waals surface area contributed by atoms with Crippen molar-refractivity contribution in [1.29, 1.82) is 0 Å². The van der Waals surface area contributed by atoms with Gasteiger partial charge in [-0.2, -0.15) is 0 Å². The van der Waals surface area contributed by atoms with E-state index in [0.29, 0.717) is 11.3 Å². The van der Waals surface area contributed by atoms with Crippen molar-refractivity contribution in [3.05, 3.63) is 41.6 Å². The number of H-pyrrole nitrogens is 1. The first-order valence-corrected chi connectivity index (χ1v) is 7.85. The van der Waals surface area contributed by atoms with Gasteiger partial charge in [0.1, 0.15) is 11.3 Å². The molecule has 0 atom stereocenters. The number of carbonyl (C=O) groups excluding carboxylic acids is 1. The Morgan fingerprint density at radius 2 is 1.96 bits per heavy atom. The molecule has 2 aromatic heterocycles. The molecule has 0 aliphatic heterocycles. The number of hydrogen-bond acceptors (Lipinski definition) is 3. The lowest BCUT2D eigenvalue weighted by molar-refractivity contribution is -0.117. The number of imidazole rings is 1. The largest absolute Gasteiger partial charge is 0.338 e. The Morgan fingerprint density at radius 1 is 1.22 bits per heavy atom. The molecular formula is C18H18N4O. The van der Waals surface area contributed by atoms with Crippen LogP contribution in [0.2, 0.25) is 0 Å². The number of benzene rings is 1. The van der Waals surface area contributed by atoms with Crippen LogP contribution in [0.4, 0.5) is 5.82 Å². The number of carbonyl (C=O) groups is 1. The molecule has 5 heteroatoms. The third kappa shape index (κ3) is 2.48. The molecule has 23 heavy (non-hydrogen) atoms. The first kappa shape index (κ1) is 13.9. The van der Waals surface area contributed by atoms with E-state index in [-0.39, 0.29) is 11.8 Å². The second kappa shape index (κ2) is 5.19. The van der Waals surface area contributed by atoms with Gasteiger partial charge >= 0.3 is 0 Å². The molecule has 0 unspecified atom stereocenters. The second-order valence-electron chi connectivity index (χ2n) is 6.17. The molecule has 2 heterocycles. The van der Waals surface area contributed by atoms with Crippen LogP contribution >= 0.6 is 0 Å². The first-order valence-electron chi connectivity index (χ1n) is 7.85. The number of pyridine rings is 1. The van der Waals surface area contributed by atoms with Crippen molar-refractivity contribution < 1.29 is 4.79 Å². The van der Waals surface area contributed by atoms with Crippen LogP contribution in [-0.4, -0.2) is 20.9 Å². The number of aromatic amines is 1. The number of nitrogens with zero attached hydrogens (tertiary/aromatic N) is 2. The zero-order valence-corrected chi connectivity index (χ0v) is 13.2. The fourth-order valence-electron chi connectivity index (χ4n) is 2.90. The average Bonchev–Trinajstić information content (AvgIpc) is 3.28. The summed E-state index contributed by atoms with van der Waals surface area (Å²) in [6.07, 6.45) is 3.63. The number of anilines is 1. The van der Waals surface area contributed by atoms with Crippen LogP contribution in [0.5, 0.6) is 0 Å². The maximum Gasteiger partial charge on any atom is 0.228 e. The van der Waals surface area contributed by atoms with Gasteiger partial charge in [-0.3, -0.25) is 4.79 Å². The van der Waals surface area contributed by atoms with E-state index in [4.69, 9.17) is 4.98 Å². The van der Waals surface area contributed by atoms with Crippen molar-refractivity contribution in [2.45, 2.75) is 26.7 Å². The number of fused-ring (bicyclic) bond motifs is 1. The molecule has 1 aliphatic rings. The normalized spacial score (nSPS) is 14.2. The molecule has 0 radical (unpaired) electrons. The Morgan fingerprint density at radius 3 is 2.65 bits per heavy atom. The Bertz CT molecular complexity index is 888. The highest BCUT2D eigenvalue weighted by Gasteiger charge is 2.30. The van der Waals surface area contributed by atoms with Crippen LogP contribution in [0, 0.1) is 19.8 Å². The summed E-state index contributed by atoms with van der Waals surface area (Å²) < 4.78 is 0. The minimum absolute atomic E-state index is 0.0432. The van der Waals surface area contributed by atoms with Gasteiger partial charge < -0.3 is 10.3 Å². The lowest BCUT2D eigenvalue weighted by atomic mass is 10.0. The number of amides is 1. The van der Waals surface area contributed by atoms with E-state index in [1.807, 2.05) is 12.1 Å². The Hall–Kier alpha value is -2.69. The number of nitrogens with one attached hydrogen (secondary N) is 2. The molecule has 1 amide bonds. The van der Waals surface area contributed by atoms with Crippen LogP contribution in [0.1, 0.15) is 24.0 Å². The predicted molar refractivity (Wildman–Crippen MR) is 90.2 cm³/mol. The van der Waals surface area contributed by atoms with Crippen LogP contribution in [-0.2, 0) is 4.79 Å². The van der Waals surface area contributed by atoms with E-state index in [9.17, 15) is 4.79 Å². The fraction of sp³-hybridized carbons (Fsp3) is 0.278. The predicted octanol–water partition coefficient (Wildman–Crippen LogP) is 3.59. The van der Waals surface area contributed by atoms with Crippen molar-refractivity contribution in [3.8, 4) is 11.4 Å². The van der Waals surface area contributed by atoms with Crippen LogP contribution in [0.3, 0.4) is 0 Å². The third-order valence-corrected chi connectivity index (χ3v) is 4.31. The fourth-order valence-corrected chi connectivity index (χ4v) is 2.90. The summed E-state index contributed by atoms with van der Waals surface area (Å²) in [4.78, 5) is 24.4. The highest BCUT2D eigenvalue weighted by Crippen LogP contribution is 2.32. The molecule has 1 fully saturated rings. The van der Waals surface area contributed by atoms with Crippen molar-refractivity contribution >= 4 is 22.8 Å². The zero-order valence-electron chi connectivity index (χ0n) is 13.2. The monoisotopic (exact) mass is 306 g/mol. The molecule has 0 bridgehead atoms. The van der Waals surface area contributed by atoms with Crippen molar-refractivity contribution in [2.75, 3.05) is 5.32 Å². The summed E-state index contributed by atoms with van der Waals surface area (Å²) >= 11 is 0. The lowest BCUT2D eigenvalue weighted by Crippen LogP contribution is -2.14. The van der Waals surface area contributed by atoms with Crippen LogP contribution < -0.4 is 5.32 Å². The van der Waals surface area contributed by atoms with E-state index < -0.39 is 0 Å². The molecule has 0 spiro atoms. The highest BCUT2D eigenvalue weighted by atomic mass is 16.2. The lowest BCUT2D eigenvalue weighted by Gasteiger charge is -2.05. The van der Waals surface area contributed by atoms with Gasteiger partial charge in [0.25, 0.3) is 0 Å². The van der Waals surface area contributed by atoms with Gasteiger partial charge in [-0.15, -0.1) is 0 Å². The standard InChI is InChI=1S/C18H18N4O/c1-10-4-3-5-11(2)14(10)16-20-13-8-9-19-17(15(13)21-16)22-18(23)12-6-7-12/h3-5,8-9,12H,6-7H2,1-2H3,(H,20,21)(H,19,22,23). The summed E-state index contributed by atoms with van der Waals surface area (Å²) in [7, 11) is 0. The van der Waals surface area contributed by atoms with Gasteiger partial charge in [0.2, 0.25) is 5.91 Å². The smallest absolute Gasteiger partial charge is 0.228 e. The van der Waals surface area contributed by atoms with Gasteiger partial charge in [-0.1, -0.05) is 18.2 Å². The van der Waals surface area contributed by atoms with Gasteiger partial charge in [0.05, 0.1) is 5.52 Å². The van der Waals surface area contributed by atoms with Crippen molar-refractivity contribution in [3.63, 3.8) is 0 Å². The van der Waals surface area contributed by atoms with Crippen LogP contribution in [0.25, 0.3) is 22.4 Å². The van der Waals surface area contributed by atoms with E-state index >= 15 is 0 Å². The van der Waals surface area contributed by atoms with Gasteiger partial charge in [0.15, 0.2) is 5.82 Å². The Balaban J connectivity index is 1.80. The summed E-state index contributed by atoms with van der Waals surface area (Å²) in [5.74, 6) is 1.53.